The van der Waals surface area contributed by atoms with Gasteiger partial charge in [0.05, 0.1) is 0 Å². The number of hydrogen-bond donors (Lipinski definition) is 1. The van der Waals surface area contributed by atoms with Gasteiger partial charge in [0, 0.05) is 24.1 Å². The quantitative estimate of drug-likeness (QED) is 0.774. The van der Waals surface area contributed by atoms with E-state index in [0.717, 1.165) is 11.1 Å². The van der Waals surface area contributed by atoms with E-state index in [1.807, 2.05) is 24.3 Å². The molecule has 0 fully saturated rings. The third-order valence-corrected chi connectivity index (χ3v) is 3.93. The fraction of sp³-hybridized carbons (Fsp3) is 0.222. The number of nitrogens with zero attached hydrogens (tertiary/aromatic N) is 4. The Hall–Kier alpha value is -3.22. The van der Waals surface area contributed by atoms with Crippen molar-refractivity contribution in [2.75, 3.05) is 5.32 Å². The predicted octanol–water partition coefficient (Wildman–Crippen LogP) is 2.19. The van der Waals surface area contributed by atoms with Crippen LogP contribution in [0, 0.1) is 0 Å². The summed E-state index contributed by atoms with van der Waals surface area (Å²) in [6.07, 6.45) is 4.27. The molecule has 7 nitrogen and oxygen atoms in total. The minimum absolute atomic E-state index is 0.309. The number of rotatable bonds is 5. The van der Waals surface area contributed by atoms with Crippen LogP contribution in [0.5, 0.6) is 0 Å². The van der Waals surface area contributed by atoms with Crippen molar-refractivity contribution in [2.24, 2.45) is 0 Å². The number of aromatic nitrogens is 4. The van der Waals surface area contributed by atoms with Crippen LogP contribution in [0.1, 0.15) is 25.5 Å². The highest BCUT2D eigenvalue weighted by Crippen LogP contribution is 2.13. The Morgan fingerprint density at radius 2 is 1.96 bits per heavy atom. The van der Waals surface area contributed by atoms with Gasteiger partial charge in [-0.25, -0.2) is 9.36 Å². The summed E-state index contributed by atoms with van der Waals surface area (Å²) in [6.45, 7) is 3.71. The van der Waals surface area contributed by atoms with Gasteiger partial charge >= 0.3 is 0 Å². The van der Waals surface area contributed by atoms with Crippen molar-refractivity contribution in [1.29, 1.82) is 0 Å². The largest absolute Gasteiger partial charge is 0.324 e. The molecule has 1 unspecified atom stereocenters. The summed E-state index contributed by atoms with van der Waals surface area (Å²) >= 11 is 0. The smallest absolute Gasteiger partial charge is 0.267 e. The number of amides is 1. The van der Waals surface area contributed by atoms with E-state index in [0.29, 0.717) is 11.5 Å². The van der Waals surface area contributed by atoms with Crippen molar-refractivity contribution in [3.8, 4) is 5.82 Å². The minimum Gasteiger partial charge on any atom is -0.324 e. The molecule has 0 bridgehead atoms. The van der Waals surface area contributed by atoms with Gasteiger partial charge in [-0.2, -0.15) is 5.10 Å². The van der Waals surface area contributed by atoms with E-state index in [2.05, 4.69) is 22.4 Å². The van der Waals surface area contributed by atoms with Crippen LogP contribution in [-0.4, -0.2) is 25.5 Å². The first-order valence-electron chi connectivity index (χ1n) is 8.08. The third kappa shape index (κ3) is 3.65. The van der Waals surface area contributed by atoms with E-state index in [1.165, 1.54) is 16.3 Å². The highest BCUT2D eigenvalue weighted by Gasteiger charge is 2.18. The van der Waals surface area contributed by atoms with E-state index in [-0.39, 0.29) is 11.5 Å². The van der Waals surface area contributed by atoms with Gasteiger partial charge in [0.1, 0.15) is 6.04 Å². The first-order chi connectivity index (χ1) is 12.1. The Morgan fingerprint density at radius 1 is 1.20 bits per heavy atom. The average molecular weight is 337 g/mol. The standard InChI is InChI=1S/C18H19N5O2/c1-3-14-5-7-15(8-6-14)20-18(25)13(2)23-17(24)10-9-16(21-23)22-12-4-11-19-22/h4-13H,3H2,1-2H3,(H,20,25). The first kappa shape index (κ1) is 16.6. The lowest BCUT2D eigenvalue weighted by Crippen LogP contribution is -2.33. The molecule has 0 radical (unpaired) electrons. The van der Waals surface area contributed by atoms with Gasteiger partial charge in [-0.3, -0.25) is 9.59 Å². The van der Waals surface area contributed by atoms with Crippen molar-refractivity contribution < 1.29 is 4.79 Å². The number of anilines is 1. The first-order valence-corrected chi connectivity index (χ1v) is 8.08. The van der Waals surface area contributed by atoms with Gasteiger partial charge in [0.15, 0.2) is 5.82 Å². The number of aryl methyl sites for hydroxylation is 1. The molecule has 0 saturated carbocycles. The van der Waals surface area contributed by atoms with Crippen LogP contribution < -0.4 is 10.9 Å². The predicted molar refractivity (Wildman–Crippen MR) is 94.8 cm³/mol. The van der Waals surface area contributed by atoms with Crippen LogP contribution in [0.25, 0.3) is 5.82 Å². The van der Waals surface area contributed by atoms with E-state index in [1.54, 1.807) is 31.5 Å². The van der Waals surface area contributed by atoms with Crippen LogP contribution in [0.3, 0.4) is 0 Å². The van der Waals surface area contributed by atoms with Crippen molar-refractivity contribution >= 4 is 11.6 Å². The maximum absolute atomic E-state index is 12.5. The maximum atomic E-state index is 12.5. The van der Waals surface area contributed by atoms with E-state index >= 15 is 0 Å². The SMILES string of the molecule is CCc1ccc(NC(=O)C(C)n2nc(-n3cccn3)ccc2=O)cc1. The highest BCUT2D eigenvalue weighted by molar-refractivity contribution is 5.93. The lowest BCUT2D eigenvalue weighted by atomic mass is 10.1. The maximum Gasteiger partial charge on any atom is 0.267 e. The second kappa shape index (κ2) is 7.12. The molecule has 1 N–H and O–H groups in total. The van der Waals surface area contributed by atoms with Crippen LogP contribution in [0.15, 0.2) is 59.7 Å². The van der Waals surface area contributed by atoms with Crippen molar-refractivity contribution in [3.05, 3.63) is 70.8 Å². The molecule has 2 heterocycles. The molecule has 3 aromatic rings. The molecule has 25 heavy (non-hydrogen) atoms. The average Bonchev–Trinajstić information content (AvgIpc) is 3.17. The number of benzene rings is 1. The summed E-state index contributed by atoms with van der Waals surface area (Å²) in [4.78, 5) is 24.6. The van der Waals surface area contributed by atoms with Crippen molar-refractivity contribution in [2.45, 2.75) is 26.3 Å². The van der Waals surface area contributed by atoms with Crippen LogP contribution in [-0.2, 0) is 11.2 Å². The molecular formula is C18H19N5O2. The molecule has 0 saturated heterocycles. The third-order valence-electron chi connectivity index (χ3n) is 3.93. The topological polar surface area (TPSA) is 81.8 Å². The van der Waals surface area contributed by atoms with Gasteiger partial charge in [-0.05, 0) is 43.2 Å². The van der Waals surface area contributed by atoms with Crippen molar-refractivity contribution in [1.82, 2.24) is 19.6 Å². The Labute approximate surface area is 144 Å². The zero-order valence-electron chi connectivity index (χ0n) is 14.1. The molecular weight excluding hydrogens is 318 g/mol. The van der Waals surface area contributed by atoms with Crippen molar-refractivity contribution in [3.63, 3.8) is 0 Å². The van der Waals surface area contributed by atoms with E-state index in [4.69, 9.17) is 0 Å². The number of carbonyl (C=O) groups excluding carboxylic acids is 1. The van der Waals surface area contributed by atoms with Gasteiger partial charge in [0.2, 0.25) is 5.91 Å². The summed E-state index contributed by atoms with van der Waals surface area (Å²) in [5.41, 5.74) is 1.53. The molecule has 2 aromatic heterocycles. The normalized spacial score (nSPS) is 11.9. The number of nitrogens with one attached hydrogen (secondary N) is 1. The van der Waals surface area contributed by atoms with Gasteiger partial charge in [0.25, 0.3) is 5.56 Å². The zero-order valence-corrected chi connectivity index (χ0v) is 14.1. The Bertz CT molecular complexity index is 913. The van der Waals surface area contributed by atoms with Crippen LogP contribution in [0.4, 0.5) is 5.69 Å². The zero-order chi connectivity index (χ0) is 17.8. The van der Waals surface area contributed by atoms with Gasteiger partial charge in [-0.15, -0.1) is 5.10 Å². The van der Waals surface area contributed by atoms with Crippen LogP contribution in [0.2, 0.25) is 0 Å². The Morgan fingerprint density at radius 3 is 2.60 bits per heavy atom. The number of hydrogen-bond acceptors (Lipinski definition) is 4. The Balaban J connectivity index is 1.81. The monoisotopic (exact) mass is 337 g/mol. The summed E-state index contributed by atoms with van der Waals surface area (Å²) in [5.74, 6) is 0.160. The minimum atomic E-state index is -0.756. The molecule has 1 amide bonds. The molecule has 0 aliphatic carbocycles. The van der Waals surface area contributed by atoms with Crippen LogP contribution >= 0.6 is 0 Å². The molecule has 0 aliphatic rings. The molecule has 1 aromatic carbocycles. The van der Waals surface area contributed by atoms with E-state index in [9.17, 15) is 9.59 Å². The lowest BCUT2D eigenvalue weighted by Gasteiger charge is -2.15. The molecule has 0 spiro atoms. The summed E-state index contributed by atoms with van der Waals surface area (Å²) in [5, 5.41) is 11.1. The summed E-state index contributed by atoms with van der Waals surface area (Å²) in [7, 11) is 0. The summed E-state index contributed by atoms with van der Waals surface area (Å²) < 4.78 is 2.69. The second-order valence-electron chi connectivity index (χ2n) is 5.64. The van der Waals surface area contributed by atoms with Gasteiger partial charge < -0.3 is 5.32 Å². The fourth-order valence-corrected chi connectivity index (χ4v) is 2.40. The molecule has 7 heteroatoms. The molecule has 0 aliphatic heterocycles. The van der Waals surface area contributed by atoms with E-state index < -0.39 is 6.04 Å². The lowest BCUT2D eigenvalue weighted by molar-refractivity contribution is -0.119. The highest BCUT2D eigenvalue weighted by atomic mass is 16.2. The molecule has 1 atom stereocenters. The Kier molecular flexibility index (Phi) is 4.74. The number of carbonyl (C=O) groups is 1. The van der Waals surface area contributed by atoms with Gasteiger partial charge in [-0.1, -0.05) is 19.1 Å². The molecule has 128 valence electrons. The summed E-state index contributed by atoms with van der Waals surface area (Å²) in [6, 6.07) is 11.6. The second-order valence-corrected chi connectivity index (χ2v) is 5.64. The molecule has 3 rings (SSSR count). The fourth-order valence-electron chi connectivity index (χ4n) is 2.40.